The fourth-order valence-corrected chi connectivity index (χ4v) is 3.41. The highest BCUT2D eigenvalue weighted by Crippen LogP contribution is 2.31. The molecular formula is C16H20N4O2S. The van der Waals surface area contributed by atoms with Gasteiger partial charge in [0.1, 0.15) is 10.6 Å². The Morgan fingerprint density at radius 3 is 2.87 bits per heavy atom. The minimum atomic E-state index is -0.126. The number of carbonyl (C=O) groups excluding carboxylic acids is 1. The van der Waals surface area contributed by atoms with E-state index in [0.717, 1.165) is 35.9 Å². The van der Waals surface area contributed by atoms with Crippen molar-refractivity contribution in [2.45, 2.75) is 18.9 Å². The number of aromatic nitrogens is 2. The molecular weight excluding hydrogens is 312 g/mol. The van der Waals surface area contributed by atoms with Crippen molar-refractivity contribution in [2.75, 3.05) is 26.7 Å². The molecule has 6 nitrogen and oxygen atoms in total. The summed E-state index contributed by atoms with van der Waals surface area (Å²) in [6, 6.07) is 8.12. The number of hydrogen-bond acceptors (Lipinski definition) is 6. The molecule has 0 aliphatic carbocycles. The standard InChI is InChI=1S/C16H20N4O2S/c1-22-14-7-3-2-6-12(14)13(20-8-4-5-9-20)10-17-16(21)15-11-18-19-23-15/h2-3,6-7,11,13H,4-5,8-10H2,1H3,(H,17,21). The molecule has 1 amide bonds. The molecule has 7 heteroatoms. The average Bonchev–Trinajstić information content (AvgIpc) is 3.29. The van der Waals surface area contributed by atoms with E-state index in [4.69, 9.17) is 4.74 Å². The van der Waals surface area contributed by atoms with E-state index in [1.54, 1.807) is 7.11 Å². The monoisotopic (exact) mass is 332 g/mol. The number of ether oxygens (including phenoxy) is 1. The smallest absolute Gasteiger partial charge is 0.264 e. The predicted octanol–water partition coefficient (Wildman–Crippen LogP) is 2.11. The summed E-state index contributed by atoms with van der Waals surface area (Å²) < 4.78 is 9.24. The van der Waals surface area contributed by atoms with E-state index in [1.807, 2.05) is 18.2 Å². The molecule has 3 rings (SSSR count). The predicted molar refractivity (Wildman–Crippen MR) is 88.8 cm³/mol. The van der Waals surface area contributed by atoms with Gasteiger partial charge >= 0.3 is 0 Å². The minimum absolute atomic E-state index is 0.110. The first-order valence-corrected chi connectivity index (χ1v) is 8.49. The lowest BCUT2D eigenvalue weighted by Gasteiger charge is -2.29. The van der Waals surface area contributed by atoms with E-state index in [-0.39, 0.29) is 11.9 Å². The van der Waals surface area contributed by atoms with E-state index in [1.165, 1.54) is 19.0 Å². The maximum Gasteiger partial charge on any atom is 0.264 e. The summed E-state index contributed by atoms with van der Waals surface area (Å²) in [7, 11) is 1.68. The topological polar surface area (TPSA) is 67.3 Å². The largest absolute Gasteiger partial charge is 0.496 e. The third-order valence-electron chi connectivity index (χ3n) is 4.12. The Morgan fingerprint density at radius 2 is 2.17 bits per heavy atom. The zero-order chi connectivity index (χ0) is 16.1. The van der Waals surface area contributed by atoms with E-state index >= 15 is 0 Å². The molecule has 23 heavy (non-hydrogen) atoms. The third-order valence-corrected chi connectivity index (χ3v) is 4.78. The Bertz CT molecular complexity index is 641. The summed E-state index contributed by atoms with van der Waals surface area (Å²) in [5.41, 5.74) is 1.11. The van der Waals surface area contributed by atoms with Crippen LogP contribution in [0.2, 0.25) is 0 Å². The number of methoxy groups -OCH3 is 1. The first kappa shape index (κ1) is 15.9. The van der Waals surface area contributed by atoms with Gasteiger partial charge in [-0.1, -0.05) is 22.7 Å². The van der Waals surface area contributed by atoms with Gasteiger partial charge in [0.05, 0.1) is 19.3 Å². The fraction of sp³-hybridized carbons (Fsp3) is 0.438. The van der Waals surface area contributed by atoms with E-state index in [2.05, 4.69) is 25.9 Å². The Labute approximate surface area is 139 Å². The van der Waals surface area contributed by atoms with Gasteiger partial charge in [0, 0.05) is 12.1 Å². The normalized spacial score (nSPS) is 16.2. The molecule has 0 spiro atoms. The summed E-state index contributed by atoms with van der Waals surface area (Å²) in [6.45, 7) is 2.62. The zero-order valence-corrected chi connectivity index (χ0v) is 13.9. The van der Waals surface area contributed by atoms with Crippen LogP contribution < -0.4 is 10.1 Å². The third kappa shape index (κ3) is 3.68. The van der Waals surface area contributed by atoms with E-state index < -0.39 is 0 Å². The Hall–Kier alpha value is -1.99. The molecule has 1 aliphatic heterocycles. The highest BCUT2D eigenvalue weighted by atomic mass is 32.1. The lowest BCUT2D eigenvalue weighted by Crippen LogP contribution is -2.36. The SMILES string of the molecule is COc1ccccc1C(CNC(=O)c1cnns1)N1CCCC1. The van der Waals surface area contributed by atoms with Gasteiger partial charge in [-0.2, -0.15) is 0 Å². The van der Waals surface area contributed by atoms with Crippen molar-refractivity contribution in [3.8, 4) is 5.75 Å². The van der Waals surface area contributed by atoms with Crippen LogP contribution in [-0.2, 0) is 0 Å². The van der Waals surface area contributed by atoms with Crippen molar-refractivity contribution in [1.29, 1.82) is 0 Å². The lowest BCUT2D eigenvalue weighted by atomic mass is 10.0. The number of rotatable bonds is 6. The molecule has 1 aliphatic rings. The van der Waals surface area contributed by atoms with Gasteiger partial charge in [0.2, 0.25) is 0 Å². The van der Waals surface area contributed by atoms with Gasteiger partial charge in [-0.3, -0.25) is 9.69 Å². The molecule has 2 heterocycles. The molecule has 1 unspecified atom stereocenters. The molecule has 1 atom stereocenters. The van der Waals surface area contributed by atoms with Gasteiger partial charge in [-0.05, 0) is 43.5 Å². The summed E-state index contributed by atoms with van der Waals surface area (Å²) in [4.78, 5) is 15.1. The highest BCUT2D eigenvalue weighted by Gasteiger charge is 2.26. The van der Waals surface area contributed by atoms with Gasteiger partial charge < -0.3 is 10.1 Å². The van der Waals surface area contributed by atoms with Gasteiger partial charge in [-0.25, -0.2) is 0 Å². The Morgan fingerprint density at radius 1 is 1.39 bits per heavy atom. The second-order valence-corrected chi connectivity index (χ2v) is 6.28. The summed E-state index contributed by atoms with van der Waals surface area (Å²) in [5, 5.41) is 6.72. The number of hydrogen-bond donors (Lipinski definition) is 1. The molecule has 0 radical (unpaired) electrons. The number of benzene rings is 1. The first-order valence-electron chi connectivity index (χ1n) is 7.72. The lowest BCUT2D eigenvalue weighted by molar-refractivity contribution is 0.0941. The maximum absolute atomic E-state index is 12.2. The molecule has 1 saturated heterocycles. The van der Waals surface area contributed by atoms with E-state index in [0.29, 0.717) is 11.4 Å². The quantitative estimate of drug-likeness (QED) is 0.877. The number of para-hydroxylation sites is 1. The average molecular weight is 332 g/mol. The van der Waals surface area contributed by atoms with Crippen molar-refractivity contribution >= 4 is 17.4 Å². The van der Waals surface area contributed by atoms with Crippen molar-refractivity contribution in [2.24, 2.45) is 0 Å². The molecule has 1 N–H and O–H groups in total. The minimum Gasteiger partial charge on any atom is -0.496 e. The van der Waals surface area contributed by atoms with Gasteiger partial charge in [0.15, 0.2) is 0 Å². The van der Waals surface area contributed by atoms with Crippen LogP contribution in [0.25, 0.3) is 0 Å². The molecule has 122 valence electrons. The first-order chi connectivity index (χ1) is 11.3. The Balaban J connectivity index is 1.77. The van der Waals surface area contributed by atoms with Crippen molar-refractivity contribution < 1.29 is 9.53 Å². The molecule has 1 aromatic carbocycles. The van der Waals surface area contributed by atoms with E-state index in [9.17, 15) is 4.79 Å². The van der Waals surface area contributed by atoms with Crippen LogP contribution in [0, 0.1) is 0 Å². The summed E-state index contributed by atoms with van der Waals surface area (Å²) in [6.07, 6.45) is 3.88. The van der Waals surface area contributed by atoms with Gasteiger partial charge in [0.25, 0.3) is 5.91 Å². The second kappa shape index (κ2) is 7.52. The summed E-state index contributed by atoms with van der Waals surface area (Å²) >= 11 is 1.11. The second-order valence-electron chi connectivity index (χ2n) is 5.49. The number of carbonyl (C=O) groups is 1. The number of nitrogens with zero attached hydrogens (tertiary/aromatic N) is 3. The molecule has 0 saturated carbocycles. The molecule has 2 aromatic rings. The zero-order valence-electron chi connectivity index (χ0n) is 13.1. The summed E-state index contributed by atoms with van der Waals surface area (Å²) in [5.74, 6) is 0.734. The van der Waals surface area contributed by atoms with Crippen LogP contribution >= 0.6 is 11.5 Å². The van der Waals surface area contributed by atoms with Crippen LogP contribution in [0.4, 0.5) is 0 Å². The fourth-order valence-electron chi connectivity index (χ4n) is 2.97. The Kier molecular flexibility index (Phi) is 5.19. The van der Waals surface area contributed by atoms with Gasteiger partial charge in [-0.15, -0.1) is 5.10 Å². The highest BCUT2D eigenvalue weighted by molar-refractivity contribution is 7.07. The van der Waals surface area contributed by atoms with Crippen LogP contribution in [0.15, 0.2) is 30.5 Å². The molecule has 1 aromatic heterocycles. The molecule has 0 bridgehead atoms. The maximum atomic E-state index is 12.2. The van der Waals surface area contributed by atoms with Crippen LogP contribution in [0.1, 0.15) is 34.1 Å². The van der Waals surface area contributed by atoms with Crippen LogP contribution in [-0.4, -0.2) is 47.1 Å². The van der Waals surface area contributed by atoms with Crippen molar-refractivity contribution in [3.05, 3.63) is 40.9 Å². The van der Waals surface area contributed by atoms with Crippen LogP contribution in [0.5, 0.6) is 5.75 Å². The van der Waals surface area contributed by atoms with Crippen LogP contribution in [0.3, 0.4) is 0 Å². The van der Waals surface area contributed by atoms with Crippen molar-refractivity contribution in [1.82, 2.24) is 19.8 Å². The number of nitrogens with one attached hydrogen (secondary N) is 1. The molecule has 1 fully saturated rings. The van der Waals surface area contributed by atoms with Crippen molar-refractivity contribution in [3.63, 3.8) is 0 Å². The number of likely N-dealkylation sites (tertiary alicyclic amines) is 1. The number of amides is 1.